The highest BCUT2D eigenvalue weighted by molar-refractivity contribution is 9.08. The quantitative estimate of drug-likeness (QED) is 0.686. The molecule has 88 valence electrons. The topological polar surface area (TPSA) is 50.2 Å². The summed E-state index contributed by atoms with van der Waals surface area (Å²) in [4.78, 5) is 14.0. The molecule has 1 N–H and O–H groups in total. The first-order valence-electron chi connectivity index (χ1n) is 4.19. The lowest BCUT2D eigenvalue weighted by Gasteiger charge is -2.11. The van der Waals surface area contributed by atoms with Crippen molar-refractivity contribution in [2.75, 3.05) is 0 Å². The van der Waals surface area contributed by atoms with Crippen molar-refractivity contribution in [3.8, 4) is 0 Å². The molecule has 1 rings (SSSR count). The summed E-state index contributed by atoms with van der Waals surface area (Å²) in [6.45, 7) is 0. The number of carboxylic acid groups (broad SMARTS) is 1. The van der Waals surface area contributed by atoms with Crippen LogP contribution in [0.3, 0.4) is 0 Å². The normalized spacial score (nSPS) is 10.8. The minimum atomic E-state index is -2.84. The number of alkyl halides is 3. The molecule has 1 heterocycles. The third-order valence-corrected chi connectivity index (χ3v) is 2.69. The van der Waals surface area contributed by atoms with Crippen LogP contribution in [0.25, 0.3) is 0 Å². The number of carbonyl (C=O) groups is 1. The Morgan fingerprint density at radius 3 is 2.69 bits per heavy atom. The Morgan fingerprint density at radius 2 is 2.25 bits per heavy atom. The summed E-state index contributed by atoms with van der Waals surface area (Å²) in [5.41, 5.74) is -0.133. The van der Waals surface area contributed by atoms with Crippen molar-refractivity contribution in [3.05, 3.63) is 28.0 Å². The van der Waals surface area contributed by atoms with Gasteiger partial charge in [-0.3, -0.25) is 4.79 Å². The molecule has 3 nitrogen and oxygen atoms in total. The minimum Gasteiger partial charge on any atom is -0.481 e. The van der Waals surface area contributed by atoms with Crippen LogP contribution in [0.4, 0.5) is 8.78 Å². The molecule has 0 atom stereocenters. The number of aliphatic carboxylic acids is 1. The van der Waals surface area contributed by atoms with Crippen LogP contribution in [-0.4, -0.2) is 16.1 Å². The summed E-state index contributed by atoms with van der Waals surface area (Å²) in [7, 11) is 0. The van der Waals surface area contributed by atoms with Gasteiger partial charge in [-0.15, -0.1) is 0 Å². The van der Waals surface area contributed by atoms with Gasteiger partial charge in [0.1, 0.15) is 10.8 Å². The van der Waals surface area contributed by atoms with Gasteiger partial charge in [0.15, 0.2) is 0 Å². The molecule has 0 saturated carbocycles. The summed E-state index contributed by atoms with van der Waals surface area (Å²) in [5, 5.41) is 8.82. The molecule has 0 aromatic carbocycles. The highest BCUT2D eigenvalue weighted by Crippen LogP contribution is 2.27. The maximum atomic E-state index is 12.6. The van der Waals surface area contributed by atoms with E-state index in [4.69, 9.17) is 16.7 Å². The molecule has 0 aliphatic heterocycles. The summed E-state index contributed by atoms with van der Waals surface area (Å²) in [6, 6.07) is 1.38. The zero-order chi connectivity index (χ0) is 12.3. The van der Waals surface area contributed by atoms with Crippen LogP contribution in [-0.2, 0) is 16.5 Å². The molecule has 0 radical (unpaired) electrons. The number of nitrogens with zero attached hydrogens (tertiary/aromatic N) is 1. The average Bonchev–Trinajstić information content (AvgIpc) is 2.19. The van der Waals surface area contributed by atoms with Crippen molar-refractivity contribution in [2.24, 2.45) is 0 Å². The first-order chi connectivity index (χ1) is 7.45. The monoisotopic (exact) mass is 313 g/mol. The van der Waals surface area contributed by atoms with Gasteiger partial charge in [-0.05, 0) is 17.2 Å². The average molecular weight is 315 g/mol. The van der Waals surface area contributed by atoms with E-state index in [1.54, 1.807) is 0 Å². The zero-order valence-electron chi connectivity index (χ0n) is 7.88. The molecule has 1 aromatic rings. The van der Waals surface area contributed by atoms with Crippen LogP contribution < -0.4 is 0 Å². The highest BCUT2D eigenvalue weighted by Gasteiger charge is 2.20. The Bertz CT molecular complexity index is 415. The van der Waals surface area contributed by atoms with E-state index in [-0.39, 0.29) is 16.0 Å². The molecule has 0 spiro atoms. The molecule has 0 saturated heterocycles. The number of pyridine rings is 1. The van der Waals surface area contributed by atoms with Crippen LogP contribution in [0.15, 0.2) is 6.07 Å². The molecular weight excluding hydrogens is 307 g/mol. The molecule has 0 fully saturated rings. The lowest BCUT2D eigenvalue weighted by Crippen LogP contribution is -2.09. The second-order valence-electron chi connectivity index (χ2n) is 2.97. The van der Waals surface area contributed by atoms with Crippen molar-refractivity contribution < 1.29 is 18.7 Å². The van der Waals surface area contributed by atoms with E-state index in [0.717, 1.165) is 0 Å². The van der Waals surface area contributed by atoms with E-state index in [1.165, 1.54) is 6.07 Å². The van der Waals surface area contributed by atoms with E-state index in [0.29, 0.717) is 5.56 Å². The van der Waals surface area contributed by atoms with Crippen LogP contribution in [0.5, 0.6) is 0 Å². The van der Waals surface area contributed by atoms with Crippen molar-refractivity contribution in [3.63, 3.8) is 0 Å². The van der Waals surface area contributed by atoms with Crippen molar-refractivity contribution in [1.82, 2.24) is 4.98 Å². The number of hydrogen-bond acceptors (Lipinski definition) is 2. The van der Waals surface area contributed by atoms with E-state index in [2.05, 4.69) is 20.9 Å². The standard InChI is InChI=1S/C9H7BrClF2NO2/c10-3-4-1-6(11)14-8(9(12)13)5(4)2-7(15)16/h1,9H,2-3H2,(H,15,16). The lowest BCUT2D eigenvalue weighted by molar-refractivity contribution is -0.136. The van der Waals surface area contributed by atoms with Gasteiger partial charge in [0.25, 0.3) is 6.43 Å². The Kier molecular flexibility index (Phi) is 4.61. The third kappa shape index (κ3) is 3.12. The van der Waals surface area contributed by atoms with Crippen LogP contribution in [0, 0.1) is 0 Å². The van der Waals surface area contributed by atoms with Gasteiger partial charge in [0.2, 0.25) is 0 Å². The maximum Gasteiger partial charge on any atom is 0.307 e. The SMILES string of the molecule is O=C(O)Cc1c(CBr)cc(Cl)nc1C(F)F. The fourth-order valence-electron chi connectivity index (χ4n) is 1.27. The van der Waals surface area contributed by atoms with Gasteiger partial charge in [-0.25, -0.2) is 13.8 Å². The van der Waals surface area contributed by atoms with E-state index < -0.39 is 24.5 Å². The Morgan fingerprint density at radius 1 is 1.62 bits per heavy atom. The molecule has 7 heteroatoms. The van der Waals surface area contributed by atoms with Gasteiger partial charge < -0.3 is 5.11 Å². The highest BCUT2D eigenvalue weighted by atomic mass is 79.9. The van der Waals surface area contributed by atoms with Crippen molar-refractivity contribution >= 4 is 33.5 Å². The number of hydrogen-bond donors (Lipinski definition) is 1. The molecule has 0 amide bonds. The minimum absolute atomic E-state index is 0.0174. The van der Waals surface area contributed by atoms with Gasteiger partial charge in [0, 0.05) is 5.33 Å². The number of rotatable bonds is 4. The number of halogens is 4. The lowest BCUT2D eigenvalue weighted by atomic mass is 10.0. The smallest absolute Gasteiger partial charge is 0.307 e. The van der Waals surface area contributed by atoms with Crippen molar-refractivity contribution in [1.29, 1.82) is 0 Å². The third-order valence-electron chi connectivity index (χ3n) is 1.90. The van der Waals surface area contributed by atoms with Crippen LogP contribution in [0.2, 0.25) is 5.15 Å². The maximum absolute atomic E-state index is 12.6. The van der Waals surface area contributed by atoms with Gasteiger partial charge in [0.05, 0.1) is 6.42 Å². The predicted octanol–water partition coefficient (Wildman–Crippen LogP) is 3.19. The summed E-state index contributed by atoms with van der Waals surface area (Å²) >= 11 is 8.66. The van der Waals surface area contributed by atoms with Crippen LogP contribution >= 0.6 is 27.5 Å². The number of aromatic nitrogens is 1. The first-order valence-corrected chi connectivity index (χ1v) is 5.69. The first kappa shape index (κ1) is 13.3. The Labute approximate surface area is 104 Å². The van der Waals surface area contributed by atoms with Crippen LogP contribution in [0.1, 0.15) is 23.2 Å². The van der Waals surface area contributed by atoms with E-state index in [1.807, 2.05) is 0 Å². The van der Waals surface area contributed by atoms with Gasteiger partial charge in [-0.2, -0.15) is 0 Å². The van der Waals surface area contributed by atoms with Crippen molar-refractivity contribution in [2.45, 2.75) is 18.2 Å². The fourth-order valence-corrected chi connectivity index (χ4v) is 1.99. The summed E-state index contributed by atoms with van der Waals surface area (Å²) in [6.07, 6.45) is -3.34. The molecule has 0 aliphatic carbocycles. The van der Waals surface area contributed by atoms with Gasteiger partial charge in [-0.1, -0.05) is 27.5 Å². The summed E-state index contributed by atoms with van der Waals surface area (Å²) in [5.74, 6) is -1.19. The van der Waals surface area contributed by atoms with Gasteiger partial charge >= 0.3 is 5.97 Å². The fraction of sp³-hybridized carbons (Fsp3) is 0.333. The summed E-state index contributed by atoms with van der Waals surface area (Å²) < 4.78 is 25.3. The Balaban J connectivity index is 3.32. The van der Waals surface area contributed by atoms with E-state index >= 15 is 0 Å². The Hall–Kier alpha value is -0.750. The zero-order valence-corrected chi connectivity index (χ0v) is 10.2. The second kappa shape index (κ2) is 5.54. The second-order valence-corrected chi connectivity index (χ2v) is 3.92. The molecule has 16 heavy (non-hydrogen) atoms. The molecule has 0 unspecified atom stereocenters. The molecule has 0 bridgehead atoms. The predicted molar refractivity (Wildman–Crippen MR) is 58.2 cm³/mol. The van der Waals surface area contributed by atoms with E-state index in [9.17, 15) is 13.6 Å². The number of carboxylic acids is 1. The molecule has 1 aromatic heterocycles. The largest absolute Gasteiger partial charge is 0.481 e. The molecular formula is C9H7BrClF2NO2. The molecule has 0 aliphatic rings.